The van der Waals surface area contributed by atoms with E-state index in [-0.39, 0.29) is 36.0 Å². The monoisotopic (exact) mass is 364 g/mol. The second-order valence-electron chi connectivity index (χ2n) is 6.93. The van der Waals surface area contributed by atoms with Gasteiger partial charge in [-0.1, -0.05) is 30.3 Å². The first-order chi connectivity index (χ1) is 13.1. The Morgan fingerprint density at radius 1 is 1.11 bits per heavy atom. The summed E-state index contributed by atoms with van der Waals surface area (Å²) in [5.74, 6) is -0.261. The second-order valence-corrected chi connectivity index (χ2v) is 6.93. The number of imide groups is 1. The van der Waals surface area contributed by atoms with Crippen molar-refractivity contribution in [1.82, 2.24) is 5.32 Å². The van der Waals surface area contributed by atoms with Crippen LogP contribution in [0.15, 0.2) is 48.5 Å². The van der Waals surface area contributed by atoms with Crippen LogP contribution in [0.4, 0.5) is 5.69 Å². The van der Waals surface area contributed by atoms with E-state index in [9.17, 15) is 14.4 Å². The molecule has 0 bridgehead atoms. The number of ether oxygens (including phenoxy) is 1. The smallest absolute Gasteiger partial charge is 0.232 e. The van der Waals surface area contributed by atoms with E-state index >= 15 is 0 Å². The zero-order valence-corrected chi connectivity index (χ0v) is 14.7. The summed E-state index contributed by atoms with van der Waals surface area (Å²) in [5, 5.41) is 5.29. The number of nitrogens with one attached hydrogen (secondary N) is 2. The fraction of sp³-hybridized carbons (Fsp3) is 0.286. The Balaban J connectivity index is 1.41. The molecule has 1 saturated heterocycles. The van der Waals surface area contributed by atoms with E-state index in [0.29, 0.717) is 25.1 Å². The summed E-state index contributed by atoms with van der Waals surface area (Å²) < 4.78 is 5.61. The van der Waals surface area contributed by atoms with Crippen molar-refractivity contribution in [1.29, 1.82) is 0 Å². The van der Waals surface area contributed by atoms with Crippen molar-refractivity contribution in [2.24, 2.45) is 5.92 Å². The quantitative estimate of drug-likeness (QED) is 0.816. The number of carbonyl (C=O) groups is 3. The number of benzene rings is 2. The van der Waals surface area contributed by atoms with Crippen molar-refractivity contribution in [3.63, 3.8) is 0 Å². The first-order valence-electron chi connectivity index (χ1n) is 9.05. The summed E-state index contributed by atoms with van der Waals surface area (Å²) in [5.41, 5.74) is 2.58. The van der Waals surface area contributed by atoms with Gasteiger partial charge in [0.25, 0.3) is 0 Å². The summed E-state index contributed by atoms with van der Waals surface area (Å²) in [7, 11) is 0. The van der Waals surface area contributed by atoms with Crippen LogP contribution in [0.3, 0.4) is 0 Å². The van der Waals surface area contributed by atoms with Crippen molar-refractivity contribution < 1.29 is 19.1 Å². The van der Waals surface area contributed by atoms with Gasteiger partial charge in [0.2, 0.25) is 17.7 Å². The van der Waals surface area contributed by atoms with Crippen LogP contribution in [0.2, 0.25) is 0 Å². The highest BCUT2D eigenvalue weighted by Crippen LogP contribution is 2.34. The number of anilines is 1. The summed E-state index contributed by atoms with van der Waals surface area (Å²) in [6.07, 6.45) is 1.39. The van der Waals surface area contributed by atoms with Gasteiger partial charge in [-0.2, -0.15) is 0 Å². The van der Waals surface area contributed by atoms with Gasteiger partial charge in [-0.25, -0.2) is 0 Å². The molecular weight excluding hydrogens is 344 g/mol. The Hall–Kier alpha value is -3.15. The zero-order valence-electron chi connectivity index (χ0n) is 14.7. The summed E-state index contributed by atoms with van der Waals surface area (Å²) in [6, 6.07) is 15.0. The fourth-order valence-corrected chi connectivity index (χ4v) is 3.62. The molecule has 0 aromatic heterocycles. The van der Waals surface area contributed by atoms with E-state index in [1.807, 2.05) is 48.5 Å². The minimum Gasteiger partial charge on any atom is -0.493 e. The van der Waals surface area contributed by atoms with E-state index in [4.69, 9.17) is 4.74 Å². The molecular formula is C21H20N2O4. The molecule has 3 amide bonds. The molecule has 0 radical (unpaired) electrons. The molecule has 4 rings (SSSR count). The third-order valence-electron chi connectivity index (χ3n) is 5.04. The number of fused-ring (bicyclic) bond motifs is 1. The SMILES string of the molecule is O=C1C[C@H](Cc2ccc(NC(=O)[C@@H]3CCOc4ccccc43)cc2)C(=O)N1. The second kappa shape index (κ2) is 7.23. The molecule has 6 nitrogen and oxygen atoms in total. The third kappa shape index (κ3) is 3.69. The van der Waals surface area contributed by atoms with Gasteiger partial charge in [0.15, 0.2) is 0 Å². The molecule has 0 spiro atoms. The first kappa shape index (κ1) is 17.3. The molecule has 0 saturated carbocycles. The highest BCUT2D eigenvalue weighted by Gasteiger charge is 2.30. The number of carbonyl (C=O) groups excluding carboxylic acids is 3. The number of hydrogen-bond acceptors (Lipinski definition) is 4. The van der Waals surface area contributed by atoms with Gasteiger partial charge in [0, 0.05) is 17.7 Å². The average Bonchev–Trinajstić information content (AvgIpc) is 2.99. The van der Waals surface area contributed by atoms with Crippen LogP contribution < -0.4 is 15.4 Å². The molecule has 2 N–H and O–H groups in total. The van der Waals surface area contributed by atoms with Crippen molar-refractivity contribution in [2.75, 3.05) is 11.9 Å². The van der Waals surface area contributed by atoms with Crippen LogP contribution in [0.5, 0.6) is 5.75 Å². The van der Waals surface area contributed by atoms with E-state index in [0.717, 1.165) is 16.9 Å². The third-order valence-corrected chi connectivity index (χ3v) is 5.04. The Morgan fingerprint density at radius 2 is 1.89 bits per heavy atom. The normalized spacial score (nSPS) is 21.2. The summed E-state index contributed by atoms with van der Waals surface area (Å²) in [6.45, 7) is 0.524. The maximum Gasteiger partial charge on any atom is 0.232 e. The average molecular weight is 364 g/mol. The lowest BCUT2D eigenvalue weighted by Crippen LogP contribution is -2.26. The zero-order chi connectivity index (χ0) is 18.8. The largest absolute Gasteiger partial charge is 0.493 e. The lowest BCUT2D eigenvalue weighted by Gasteiger charge is -2.25. The molecule has 2 heterocycles. The van der Waals surface area contributed by atoms with Gasteiger partial charge in [-0.05, 0) is 36.6 Å². The van der Waals surface area contributed by atoms with Crippen molar-refractivity contribution in [2.45, 2.75) is 25.2 Å². The van der Waals surface area contributed by atoms with Crippen LogP contribution in [0.1, 0.15) is 29.9 Å². The van der Waals surface area contributed by atoms with Gasteiger partial charge in [-0.3, -0.25) is 19.7 Å². The number of rotatable bonds is 4. The topological polar surface area (TPSA) is 84.5 Å². The van der Waals surface area contributed by atoms with E-state index in [2.05, 4.69) is 10.6 Å². The van der Waals surface area contributed by atoms with Gasteiger partial charge < -0.3 is 10.1 Å². The maximum absolute atomic E-state index is 12.7. The summed E-state index contributed by atoms with van der Waals surface area (Å²) >= 11 is 0. The molecule has 2 aliphatic heterocycles. The van der Waals surface area contributed by atoms with Gasteiger partial charge in [0.1, 0.15) is 5.75 Å². The maximum atomic E-state index is 12.7. The highest BCUT2D eigenvalue weighted by atomic mass is 16.5. The van der Waals surface area contributed by atoms with Crippen LogP contribution in [0.25, 0.3) is 0 Å². The highest BCUT2D eigenvalue weighted by molar-refractivity contribution is 6.03. The number of para-hydroxylation sites is 1. The predicted molar refractivity (Wildman–Crippen MR) is 99.3 cm³/mol. The lowest BCUT2D eigenvalue weighted by molar-refractivity contribution is -0.125. The van der Waals surface area contributed by atoms with Crippen molar-refractivity contribution in [3.8, 4) is 5.75 Å². The minimum atomic E-state index is -0.309. The summed E-state index contributed by atoms with van der Waals surface area (Å²) in [4.78, 5) is 35.7. The minimum absolute atomic E-state index is 0.0562. The molecule has 6 heteroatoms. The number of amides is 3. The Kier molecular flexibility index (Phi) is 4.62. The van der Waals surface area contributed by atoms with Crippen LogP contribution in [0, 0.1) is 5.92 Å². The Bertz CT molecular complexity index is 891. The molecule has 0 unspecified atom stereocenters. The van der Waals surface area contributed by atoms with Crippen molar-refractivity contribution in [3.05, 3.63) is 59.7 Å². The lowest BCUT2D eigenvalue weighted by atomic mass is 9.92. The first-order valence-corrected chi connectivity index (χ1v) is 9.05. The molecule has 2 aromatic rings. The van der Waals surface area contributed by atoms with Crippen LogP contribution in [-0.2, 0) is 20.8 Å². The Labute approximate surface area is 156 Å². The fourth-order valence-electron chi connectivity index (χ4n) is 3.62. The molecule has 27 heavy (non-hydrogen) atoms. The predicted octanol–water partition coefficient (Wildman–Crippen LogP) is 2.40. The van der Waals surface area contributed by atoms with Gasteiger partial charge in [-0.15, -0.1) is 0 Å². The van der Waals surface area contributed by atoms with Crippen LogP contribution >= 0.6 is 0 Å². The molecule has 1 fully saturated rings. The van der Waals surface area contributed by atoms with Crippen molar-refractivity contribution >= 4 is 23.4 Å². The molecule has 2 atom stereocenters. The molecule has 138 valence electrons. The molecule has 2 aliphatic rings. The Morgan fingerprint density at radius 3 is 2.63 bits per heavy atom. The van der Waals surface area contributed by atoms with E-state index < -0.39 is 0 Å². The van der Waals surface area contributed by atoms with Gasteiger partial charge >= 0.3 is 0 Å². The molecule has 2 aromatic carbocycles. The standard InChI is InChI=1S/C21H20N2O4/c24-19-12-14(20(25)23-19)11-13-5-7-15(8-6-13)22-21(26)17-9-10-27-18-4-2-1-3-16(17)18/h1-8,14,17H,9-12H2,(H,22,26)(H,23,24,25)/t14-,17+/m0/s1. The van der Waals surface area contributed by atoms with E-state index in [1.165, 1.54) is 0 Å². The van der Waals surface area contributed by atoms with Crippen LogP contribution in [-0.4, -0.2) is 24.3 Å². The molecule has 0 aliphatic carbocycles. The van der Waals surface area contributed by atoms with Gasteiger partial charge in [0.05, 0.1) is 18.4 Å². The number of hydrogen-bond donors (Lipinski definition) is 2. The van der Waals surface area contributed by atoms with E-state index in [1.54, 1.807) is 0 Å².